The summed E-state index contributed by atoms with van der Waals surface area (Å²) < 4.78 is 0. The summed E-state index contributed by atoms with van der Waals surface area (Å²) in [6.45, 7) is 4.06. The molecule has 2 aromatic rings. The van der Waals surface area contributed by atoms with Gasteiger partial charge in [-0.05, 0) is 68.0 Å². The second-order valence-electron chi connectivity index (χ2n) is 9.24. The molecule has 6 nitrogen and oxygen atoms in total. The van der Waals surface area contributed by atoms with Crippen LogP contribution in [0.15, 0.2) is 48.5 Å². The highest BCUT2D eigenvalue weighted by Crippen LogP contribution is 2.35. The molecule has 2 aliphatic heterocycles. The number of nitrogens with one attached hydrogen (secondary N) is 1. The number of urea groups is 1. The third-order valence-electron chi connectivity index (χ3n) is 6.71. The van der Waals surface area contributed by atoms with E-state index >= 15 is 0 Å². The van der Waals surface area contributed by atoms with Gasteiger partial charge in [0.25, 0.3) is 0 Å². The van der Waals surface area contributed by atoms with Gasteiger partial charge in [-0.1, -0.05) is 24.3 Å². The van der Waals surface area contributed by atoms with Crippen LogP contribution in [0.5, 0.6) is 0 Å². The number of hydrogen-bond acceptors (Lipinski definition) is 3. The lowest BCUT2D eigenvalue weighted by atomic mass is 9.94. The van der Waals surface area contributed by atoms with E-state index in [0.29, 0.717) is 13.1 Å². The maximum absolute atomic E-state index is 13.4. The highest BCUT2D eigenvalue weighted by molar-refractivity contribution is 5.89. The van der Waals surface area contributed by atoms with Gasteiger partial charge in [0.05, 0.1) is 6.04 Å². The summed E-state index contributed by atoms with van der Waals surface area (Å²) in [4.78, 5) is 32.1. The molecule has 2 fully saturated rings. The van der Waals surface area contributed by atoms with E-state index in [9.17, 15) is 9.59 Å². The summed E-state index contributed by atoms with van der Waals surface area (Å²) >= 11 is 0. The minimum Gasteiger partial charge on any atom is -0.378 e. The van der Waals surface area contributed by atoms with E-state index in [1.807, 2.05) is 50.2 Å². The van der Waals surface area contributed by atoms with Crippen LogP contribution in [0, 0.1) is 12.8 Å². The molecule has 0 radical (unpaired) electrons. The number of amides is 3. The van der Waals surface area contributed by atoms with Crippen LogP contribution >= 0.6 is 0 Å². The van der Waals surface area contributed by atoms with E-state index in [4.69, 9.17) is 0 Å². The lowest BCUT2D eigenvalue weighted by Gasteiger charge is -2.35. The Morgan fingerprint density at radius 3 is 2.44 bits per heavy atom. The number of hydrogen-bond donors (Lipinski definition) is 1. The summed E-state index contributed by atoms with van der Waals surface area (Å²) in [7, 11) is 4.08. The Balaban J connectivity index is 1.35. The molecule has 2 aliphatic rings. The van der Waals surface area contributed by atoms with Crippen LogP contribution in [-0.2, 0) is 4.79 Å². The largest absolute Gasteiger partial charge is 0.378 e. The van der Waals surface area contributed by atoms with Gasteiger partial charge in [0, 0.05) is 51.0 Å². The van der Waals surface area contributed by atoms with Crippen molar-refractivity contribution in [2.75, 3.05) is 43.9 Å². The summed E-state index contributed by atoms with van der Waals surface area (Å²) in [5.41, 5.74) is 4.31. The molecule has 4 rings (SSSR count). The third-order valence-corrected chi connectivity index (χ3v) is 6.71. The topological polar surface area (TPSA) is 55.9 Å². The molecule has 0 aromatic heterocycles. The van der Waals surface area contributed by atoms with Crippen LogP contribution < -0.4 is 10.2 Å². The molecule has 1 unspecified atom stereocenters. The highest BCUT2D eigenvalue weighted by Gasteiger charge is 2.36. The van der Waals surface area contributed by atoms with Gasteiger partial charge in [-0.2, -0.15) is 0 Å². The Bertz CT molecular complexity index is 966. The number of likely N-dealkylation sites (tertiary alicyclic amines) is 2. The molecular formula is C26H34N4O2. The maximum Gasteiger partial charge on any atom is 0.321 e. The first-order valence-electron chi connectivity index (χ1n) is 11.6. The molecule has 0 bridgehead atoms. The number of piperidine rings is 1. The van der Waals surface area contributed by atoms with Crippen molar-refractivity contribution in [3.05, 3.63) is 59.7 Å². The zero-order valence-corrected chi connectivity index (χ0v) is 19.4. The first kappa shape index (κ1) is 22.2. The molecule has 2 saturated heterocycles. The first-order chi connectivity index (χ1) is 15.4. The van der Waals surface area contributed by atoms with Gasteiger partial charge in [0.15, 0.2) is 0 Å². The Morgan fingerprint density at radius 2 is 1.72 bits per heavy atom. The number of benzene rings is 2. The van der Waals surface area contributed by atoms with E-state index in [0.717, 1.165) is 49.2 Å². The van der Waals surface area contributed by atoms with Crippen LogP contribution in [0.1, 0.15) is 42.9 Å². The molecule has 32 heavy (non-hydrogen) atoms. The second-order valence-corrected chi connectivity index (χ2v) is 9.24. The van der Waals surface area contributed by atoms with E-state index in [1.54, 1.807) is 0 Å². The number of nitrogens with zero attached hydrogens (tertiary/aromatic N) is 3. The second kappa shape index (κ2) is 9.63. The van der Waals surface area contributed by atoms with Crippen molar-refractivity contribution >= 4 is 23.3 Å². The predicted octanol–water partition coefficient (Wildman–Crippen LogP) is 4.67. The fourth-order valence-corrected chi connectivity index (χ4v) is 4.88. The van der Waals surface area contributed by atoms with Crippen LogP contribution in [0.4, 0.5) is 16.2 Å². The number of rotatable bonds is 4. The quantitative estimate of drug-likeness (QED) is 0.761. The van der Waals surface area contributed by atoms with Gasteiger partial charge >= 0.3 is 6.03 Å². The minimum absolute atomic E-state index is 0.00403. The molecule has 170 valence electrons. The van der Waals surface area contributed by atoms with E-state index < -0.39 is 0 Å². The van der Waals surface area contributed by atoms with Crippen LogP contribution in [0.25, 0.3) is 0 Å². The lowest BCUT2D eigenvalue weighted by Crippen LogP contribution is -2.45. The number of anilines is 2. The number of carbonyl (C=O) groups excluding carboxylic acids is 2. The SMILES string of the molecule is Cc1cccc(NC(=O)N2CCC(C(=O)N3CCCC3c3cccc(N(C)C)c3)CC2)c1. The van der Waals surface area contributed by atoms with Gasteiger partial charge in [0.2, 0.25) is 5.91 Å². The predicted molar refractivity (Wildman–Crippen MR) is 129 cm³/mol. The first-order valence-corrected chi connectivity index (χ1v) is 11.6. The minimum atomic E-state index is -0.0824. The molecule has 3 amide bonds. The Hall–Kier alpha value is -3.02. The Morgan fingerprint density at radius 1 is 0.969 bits per heavy atom. The fraction of sp³-hybridized carbons (Fsp3) is 0.462. The van der Waals surface area contributed by atoms with Gasteiger partial charge < -0.3 is 20.0 Å². The van der Waals surface area contributed by atoms with Crippen LogP contribution in [-0.4, -0.2) is 55.5 Å². The van der Waals surface area contributed by atoms with E-state index in [2.05, 4.69) is 39.4 Å². The average Bonchev–Trinajstić information content (AvgIpc) is 3.29. The number of aryl methyl sites for hydroxylation is 1. The molecular weight excluding hydrogens is 400 g/mol. The summed E-state index contributed by atoms with van der Waals surface area (Å²) in [5.74, 6) is 0.247. The van der Waals surface area contributed by atoms with Crippen molar-refractivity contribution in [3.8, 4) is 0 Å². The molecule has 0 spiro atoms. The molecule has 2 heterocycles. The van der Waals surface area contributed by atoms with Crippen molar-refractivity contribution in [2.45, 2.75) is 38.6 Å². The van der Waals surface area contributed by atoms with Crippen molar-refractivity contribution in [3.63, 3.8) is 0 Å². The lowest BCUT2D eigenvalue weighted by molar-refractivity contribution is -0.137. The van der Waals surface area contributed by atoms with Gasteiger partial charge in [0.1, 0.15) is 0 Å². The molecule has 6 heteroatoms. The summed E-state index contributed by atoms with van der Waals surface area (Å²) in [5, 5.41) is 2.98. The summed E-state index contributed by atoms with van der Waals surface area (Å²) in [6, 6.07) is 16.4. The maximum atomic E-state index is 13.4. The van der Waals surface area contributed by atoms with Gasteiger partial charge in [-0.3, -0.25) is 4.79 Å². The molecule has 0 saturated carbocycles. The fourth-order valence-electron chi connectivity index (χ4n) is 4.88. The highest BCUT2D eigenvalue weighted by atomic mass is 16.2. The van der Waals surface area contributed by atoms with Gasteiger partial charge in [-0.25, -0.2) is 4.79 Å². The Kier molecular flexibility index (Phi) is 6.68. The average molecular weight is 435 g/mol. The zero-order valence-electron chi connectivity index (χ0n) is 19.4. The van der Waals surface area contributed by atoms with Gasteiger partial charge in [-0.15, -0.1) is 0 Å². The normalized spacial score (nSPS) is 19.2. The van der Waals surface area contributed by atoms with Crippen molar-refractivity contribution in [1.82, 2.24) is 9.80 Å². The Labute approximate surface area is 191 Å². The smallest absolute Gasteiger partial charge is 0.321 e. The molecule has 0 aliphatic carbocycles. The van der Waals surface area contributed by atoms with Crippen LogP contribution in [0.2, 0.25) is 0 Å². The van der Waals surface area contributed by atoms with E-state index in [-0.39, 0.29) is 23.9 Å². The van der Waals surface area contributed by atoms with Crippen molar-refractivity contribution < 1.29 is 9.59 Å². The van der Waals surface area contributed by atoms with Crippen molar-refractivity contribution in [1.29, 1.82) is 0 Å². The van der Waals surface area contributed by atoms with Crippen molar-refractivity contribution in [2.24, 2.45) is 5.92 Å². The number of carbonyl (C=O) groups is 2. The zero-order chi connectivity index (χ0) is 22.7. The standard InChI is InChI=1S/C26H34N4O2/c1-19-7-4-9-22(17-19)27-26(32)29-15-12-20(13-16-29)25(31)30-14-6-11-24(30)21-8-5-10-23(18-21)28(2)3/h4-5,7-10,17-18,20,24H,6,11-16H2,1-3H3,(H,27,32). The van der Waals surface area contributed by atoms with E-state index in [1.165, 1.54) is 5.56 Å². The molecule has 1 atom stereocenters. The summed E-state index contributed by atoms with van der Waals surface area (Å²) in [6.07, 6.45) is 3.50. The third kappa shape index (κ3) is 4.90. The monoisotopic (exact) mass is 434 g/mol. The molecule has 1 N–H and O–H groups in total. The molecule has 2 aromatic carbocycles. The van der Waals surface area contributed by atoms with Crippen LogP contribution in [0.3, 0.4) is 0 Å².